The van der Waals surface area contributed by atoms with Crippen LogP contribution in [0.4, 0.5) is 5.69 Å². The van der Waals surface area contributed by atoms with E-state index in [2.05, 4.69) is 22.9 Å². The van der Waals surface area contributed by atoms with Crippen LogP contribution in [-0.4, -0.2) is 23.9 Å². The van der Waals surface area contributed by atoms with Crippen LogP contribution in [0.5, 0.6) is 0 Å². The van der Waals surface area contributed by atoms with Crippen LogP contribution in [0.15, 0.2) is 22.7 Å². The zero-order valence-electron chi connectivity index (χ0n) is 11.4. The van der Waals surface area contributed by atoms with Crippen molar-refractivity contribution in [2.75, 3.05) is 18.8 Å². The highest BCUT2D eigenvalue weighted by Gasteiger charge is 2.24. The van der Waals surface area contributed by atoms with Crippen LogP contribution in [0.3, 0.4) is 0 Å². The zero-order valence-corrected chi connectivity index (χ0v) is 12.9. The van der Waals surface area contributed by atoms with Crippen molar-refractivity contribution in [2.24, 2.45) is 5.92 Å². The molecule has 0 aromatic heterocycles. The summed E-state index contributed by atoms with van der Waals surface area (Å²) in [6.07, 6.45) is 4.77. The second-order valence-electron chi connectivity index (χ2n) is 5.23. The summed E-state index contributed by atoms with van der Waals surface area (Å²) in [4.78, 5) is 14.4. The SMILES string of the molecule is CCCC1CCN(C(=O)c2cccc(N)c2Br)CC1. The monoisotopic (exact) mass is 324 g/mol. The highest BCUT2D eigenvalue weighted by molar-refractivity contribution is 9.10. The summed E-state index contributed by atoms with van der Waals surface area (Å²) in [7, 11) is 0. The van der Waals surface area contributed by atoms with Gasteiger partial charge in [-0.15, -0.1) is 0 Å². The average Bonchev–Trinajstić information content (AvgIpc) is 2.42. The predicted molar refractivity (Wildman–Crippen MR) is 82.1 cm³/mol. The molecule has 1 aromatic carbocycles. The molecule has 1 amide bonds. The number of nitrogens with two attached hydrogens (primary N) is 1. The highest BCUT2D eigenvalue weighted by Crippen LogP contribution is 2.27. The Morgan fingerprint density at radius 1 is 1.42 bits per heavy atom. The molecule has 0 atom stereocenters. The van der Waals surface area contributed by atoms with Crippen molar-refractivity contribution in [3.05, 3.63) is 28.2 Å². The van der Waals surface area contributed by atoms with Gasteiger partial charge in [-0.2, -0.15) is 0 Å². The van der Waals surface area contributed by atoms with Gasteiger partial charge in [0, 0.05) is 18.8 Å². The number of carbonyl (C=O) groups is 1. The zero-order chi connectivity index (χ0) is 13.8. The summed E-state index contributed by atoms with van der Waals surface area (Å²) < 4.78 is 0.718. The van der Waals surface area contributed by atoms with E-state index in [1.807, 2.05) is 17.0 Å². The summed E-state index contributed by atoms with van der Waals surface area (Å²) in [5.74, 6) is 0.882. The number of benzene rings is 1. The summed E-state index contributed by atoms with van der Waals surface area (Å²) >= 11 is 3.41. The Morgan fingerprint density at radius 2 is 2.11 bits per heavy atom. The van der Waals surface area contributed by atoms with Gasteiger partial charge in [0.05, 0.1) is 10.0 Å². The molecular weight excluding hydrogens is 304 g/mol. The quantitative estimate of drug-likeness (QED) is 0.862. The predicted octanol–water partition coefficient (Wildman–Crippen LogP) is 3.68. The topological polar surface area (TPSA) is 46.3 Å². The number of amides is 1. The molecule has 1 fully saturated rings. The molecule has 1 aliphatic heterocycles. The number of rotatable bonds is 3. The third-order valence-corrected chi connectivity index (χ3v) is 4.74. The molecule has 1 heterocycles. The molecule has 1 aromatic rings. The number of piperidine rings is 1. The summed E-state index contributed by atoms with van der Waals surface area (Å²) in [5, 5.41) is 0. The first-order chi connectivity index (χ1) is 9.13. The van der Waals surface area contributed by atoms with E-state index in [-0.39, 0.29) is 5.91 Å². The standard InChI is InChI=1S/C15H21BrN2O/c1-2-4-11-7-9-18(10-8-11)15(19)12-5-3-6-13(17)14(12)16/h3,5-6,11H,2,4,7-10,17H2,1H3. The molecule has 1 saturated heterocycles. The van der Waals surface area contributed by atoms with Gasteiger partial charge >= 0.3 is 0 Å². The number of anilines is 1. The molecule has 0 unspecified atom stereocenters. The number of carbonyl (C=O) groups excluding carboxylic acids is 1. The highest BCUT2D eigenvalue weighted by atomic mass is 79.9. The molecule has 104 valence electrons. The van der Waals surface area contributed by atoms with E-state index in [4.69, 9.17) is 5.73 Å². The third kappa shape index (κ3) is 3.30. The van der Waals surface area contributed by atoms with E-state index in [1.54, 1.807) is 6.07 Å². The second-order valence-corrected chi connectivity index (χ2v) is 6.03. The van der Waals surface area contributed by atoms with Gasteiger partial charge in [0.25, 0.3) is 5.91 Å². The lowest BCUT2D eigenvalue weighted by Crippen LogP contribution is -2.38. The Hall–Kier alpha value is -1.03. The van der Waals surface area contributed by atoms with Gasteiger partial charge in [-0.1, -0.05) is 25.8 Å². The van der Waals surface area contributed by atoms with Gasteiger partial charge in [0.15, 0.2) is 0 Å². The minimum Gasteiger partial charge on any atom is -0.398 e. The first kappa shape index (κ1) is 14.4. The Bertz CT molecular complexity index is 453. The lowest BCUT2D eigenvalue weighted by atomic mass is 9.92. The van der Waals surface area contributed by atoms with E-state index in [0.29, 0.717) is 11.3 Å². The molecule has 2 N–H and O–H groups in total. The maximum Gasteiger partial charge on any atom is 0.255 e. The lowest BCUT2D eigenvalue weighted by Gasteiger charge is -2.32. The second kappa shape index (κ2) is 6.42. The fourth-order valence-corrected chi connectivity index (χ4v) is 3.15. The molecule has 4 heteroatoms. The van der Waals surface area contributed by atoms with E-state index in [0.717, 1.165) is 36.3 Å². The molecule has 1 aliphatic rings. The van der Waals surface area contributed by atoms with Crippen molar-refractivity contribution >= 4 is 27.5 Å². The maximum absolute atomic E-state index is 12.5. The van der Waals surface area contributed by atoms with Crippen LogP contribution >= 0.6 is 15.9 Å². The van der Waals surface area contributed by atoms with E-state index in [9.17, 15) is 4.79 Å². The van der Waals surface area contributed by atoms with Gasteiger partial charge in [0.2, 0.25) is 0 Å². The fourth-order valence-electron chi connectivity index (χ4n) is 2.72. The van der Waals surface area contributed by atoms with Crippen LogP contribution < -0.4 is 5.73 Å². The average molecular weight is 325 g/mol. The van der Waals surface area contributed by atoms with Gasteiger partial charge in [0.1, 0.15) is 0 Å². The van der Waals surface area contributed by atoms with E-state index >= 15 is 0 Å². The molecule has 3 nitrogen and oxygen atoms in total. The molecule has 0 aliphatic carbocycles. The minimum atomic E-state index is 0.0918. The minimum absolute atomic E-state index is 0.0918. The lowest BCUT2D eigenvalue weighted by molar-refractivity contribution is 0.0685. The summed E-state index contributed by atoms with van der Waals surface area (Å²) in [5.41, 5.74) is 7.12. The van der Waals surface area contributed by atoms with Gasteiger partial charge in [-0.3, -0.25) is 4.79 Å². The fraction of sp³-hybridized carbons (Fsp3) is 0.533. The number of likely N-dealkylation sites (tertiary alicyclic amines) is 1. The Balaban J connectivity index is 2.03. The van der Waals surface area contributed by atoms with E-state index in [1.165, 1.54) is 12.8 Å². The molecule has 0 bridgehead atoms. The Kier molecular flexibility index (Phi) is 4.86. The Labute approximate surface area is 123 Å². The van der Waals surface area contributed by atoms with E-state index < -0.39 is 0 Å². The normalized spacial score (nSPS) is 16.6. The Morgan fingerprint density at radius 3 is 2.74 bits per heavy atom. The smallest absolute Gasteiger partial charge is 0.255 e. The van der Waals surface area contributed by atoms with Crippen LogP contribution in [0.2, 0.25) is 0 Å². The summed E-state index contributed by atoms with van der Waals surface area (Å²) in [6.45, 7) is 3.96. The maximum atomic E-state index is 12.5. The number of halogens is 1. The molecule has 19 heavy (non-hydrogen) atoms. The van der Waals surface area contributed by atoms with Crippen LogP contribution in [0, 0.1) is 5.92 Å². The summed E-state index contributed by atoms with van der Waals surface area (Å²) in [6, 6.07) is 5.46. The first-order valence-corrected chi connectivity index (χ1v) is 7.76. The van der Waals surface area contributed by atoms with Crippen LogP contribution in [0.25, 0.3) is 0 Å². The van der Waals surface area contributed by atoms with Gasteiger partial charge in [-0.25, -0.2) is 0 Å². The van der Waals surface area contributed by atoms with Crippen molar-refractivity contribution in [1.82, 2.24) is 4.90 Å². The number of hydrogen-bond donors (Lipinski definition) is 1. The largest absolute Gasteiger partial charge is 0.398 e. The van der Waals surface area contributed by atoms with Crippen molar-refractivity contribution in [2.45, 2.75) is 32.6 Å². The molecular formula is C15H21BrN2O. The molecule has 0 saturated carbocycles. The van der Waals surface area contributed by atoms with Crippen LogP contribution in [0.1, 0.15) is 43.0 Å². The molecule has 0 radical (unpaired) electrons. The van der Waals surface area contributed by atoms with Crippen molar-refractivity contribution < 1.29 is 4.79 Å². The van der Waals surface area contributed by atoms with Gasteiger partial charge < -0.3 is 10.6 Å². The number of hydrogen-bond acceptors (Lipinski definition) is 2. The van der Waals surface area contributed by atoms with Crippen LogP contribution in [-0.2, 0) is 0 Å². The number of nitrogens with zero attached hydrogens (tertiary/aromatic N) is 1. The first-order valence-electron chi connectivity index (χ1n) is 6.96. The van der Waals surface area contributed by atoms with Crippen molar-refractivity contribution in [1.29, 1.82) is 0 Å². The molecule has 2 rings (SSSR count). The number of nitrogen functional groups attached to an aromatic ring is 1. The third-order valence-electron chi connectivity index (χ3n) is 3.86. The van der Waals surface area contributed by atoms with Crippen molar-refractivity contribution in [3.63, 3.8) is 0 Å². The van der Waals surface area contributed by atoms with Crippen molar-refractivity contribution in [3.8, 4) is 0 Å². The van der Waals surface area contributed by atoms with Gasteiger partial charge in [-0.05, 0) is 46.8 Å². The molecule has 0 spiro atoms.